The van der Waals surface area contributed by atoms with Crippen LogP contribution in [0.1, 0.15) is 125 Å². The third kappa shape index (κ3) is 13.3. The summed E-state index contributed by atoms with van der Waals surface area (Å²) in [5, 5.41) is 23.2. The normalized spacial score (nSPS) is 13.6. The Kier molecular flexibility index (Phi) is 21.5. The van der Waals surface area contributed by atoms with Crippen molar-refractivity contribution >= 4 is 30.0 Å². The Hall–Kier alpha value is -2.61. The first-order valence-corrected chi connectivity index (χ1v) is 15.7. The van der Waals surface area contributed by atoms with Gasteiger partial charge in [0.15, 0.2) is 6.04 Å². The number of nitrogens with zero attached hydrogens (tertiary/aromatic N) is 1. The van der Waals surface area contributed by atoms with Crippen LogP contribution < -0.4 is 5.32 Å². The molecule has 13 nitrogen and oxygen atoms in total. The van der Waals surface area contributed by atoms with Gasteiger partial charge in [0, 0.05) is 39.1 Å². The quantitative estimate of drug-likeness (QED) is 0.0484. The first-order valence-electron chi connectivity index (χ1n) is 15.7. The summed E-state index contributed by atoms with van der Waals surface area (Å²) in [6.45, 7) is 7.43. The SMILES string of the molecule is CCCCCCCCCCCCC(=O)NC(OCC)(OCC)C(OCC)(ON(C(=O)CC)C(CCC=O)C(=O)O)C(=O)O. The number of aliphatic carboxylic acids is 2. The monoisotopic (exact) mass is 618 g/mol. The van der Waals surface area contributed by atoms with Crippen LogP contribution >= 0.6 is 0 Å². The molecule has 0 radical (unpaired) electrons. The minimum absolute atomic E-state index is 0.0227. The predicted molar refractivity (Wildman–Crippen MR) is 158 cm³/mol. The number of ether oxygens (including phenoxy) is 3. The van der Waals surface area contributed by atoms with Crippen LogP contribution in [-0.2, 0) is 43.0 Å². The number of carbonyl (C=O) groups is 5. The van der Waals surface area contributed by atoms with E-state index < -0.39 is 41.5 Å². The molecule has 0 aliphatic carbocycles. The third-order valence-electron chi connectivity index (χ3n) is 6.72. The highest BCUT2D eigenvalue weighted by Crippen LogP contribution is 2.34. The molecule has 0 aromatic rings. The summed E-state index contributed by atoms with van der Waals surface area (Å²) in [6, 6.07) is -1.75. The molecule has 43 heavy (non-hydrogen) atoms. The molecule has 2 unspecified atom stereocenters. The van der Waals surface area contributed by atoms with Gasteiger partial charge in [-0.05, 0) is 33.6 Å². The maximum absolute atomic E-state index is 13.2. The molecule has 0 spiro atoms. The van der Waals surface area contributed by atoms with Crippen molar-refractivity contribution in [1.82, 2.24) is 10.4 Å². The minimum atomic E-state index is -3.05. The molecule has 0 saturated heterocycles. The van der Waals surface area contributed by atoms with Gasteiger partial charge in [-0.3, -0.25) is 14.9 Å². The number of aldehydes is 1. The van der Waals surface area contributed by atoms with Crippen LogP contribution in [0.25, 0.3) is 0 Å². The lowest BCUT2D eigenvalue weighted by atomic mass is 10.1. The van der Waals surface area contributed by atoms with Crippen molar-refractivity contribution in [1.29, 1.82) is 0 Å². The lowest BCUT2D eigenvalue weighted by molar-refractivity contribution is -0.442. The zero-order chi connectivity index (χ0) is 32.7. The van der Waals surface area contributed by atoms with Crippen molar-refractivity contribution in [3.63, 3.8) is 0 Å². The molecule has 0 fully saturated rings. The van der Waals surface area contributed by atoms with Gasteiger partial charge >= 0.3 is 23.6 Å². The van der Waals surface area contributed by atoms with E-state index in [9.17, 15) is 34.2 Å². The maximum atomic E-state index is 13.2. The second-order valence-electron chi connectivity index (χ2n) is 10.1. The van der Waals surface area contributed by atoms with E-state index in [-0.39, 0.29) is 45.5 Å². The van der Waals surface area contributed by atoms with E-state index in [4.69, 9.17) is 19.0 Å². The molecule has 0 aliphatic heterocycles. The van der Waals surface area contributed by atoms with Crippen molar-refractivity contribution in [2.24, 2.45) is 0 Å². The zero-order valence-corrected chi connectivity index (χ0v) is 26.7. The molecule has 2 amide bonds. The molecule has 250 valence electrons. The largest absolute Gasteiger partial charge is 0.480 e. The molecule has 3 N–H and O–H groups in total. The number of unbranched alkanes of at least 4 members (excludes halogenated alkanes) is 9. The van der Waals surface area contributed by atoms with E-state index in [2.05, 4.69) is 12.2 Å². The minimum Gasteiger partial charge on any atom is -0.480 e. The first kappa shape index (κ1) is 40.4. The number of rotatable bonds is 28. The molecular formula is C30H54N2O11. The number of hydrogen-bond donors (Lipinski definition) is 3. The van der Waals surface area contributed by atoms with Gasteiger partial charge in [-0.15, -0.1) is 0 Å². The molecule has 0 saturated carbocycles. The number of amides is 2. The second-order valence-corrected chi connectivity index (χ2v) is 10.1. The summed E-state index contributed by atoms with van der Waals surface area (Å²) in [6.07, 6.45) is 10.2. The Morgan fingerprint density at radius 1 is 0.791 bits per heavy atom. The van der Waals surface area contributed by atoms with Gasteiger partial charge in [0.2, 0.25) is 11.8 Å². The van der Waals surface area contributed by atoms with E-state index in [0.29, 0.717) is 17.8 Å². The van der Waals surface area contributed by atoms with Crippen LogP contribution in [0.3, 0.4) is 0 Å². The van der Waals surface area contributed by atoms with Gasteiger partial charge in [0.25, 0.3) is 0 Å². The van der Waals surface area contributed by atoms with E-state index in [0.717, 1.165) is 25.7 Å². The van der Waals surface area contributed by atoms with Gasteiger partial charge in [0.1, 0.15) is 6.29 Å². The lowest BCUT2D eigenvalue weighted by Gasteiger charge is -2.46. The molecule has 0 aromatic heterocycles. The third-order valence-corrected chi connectivity index (χ3v) is 6.72. The number of hydrogen-bond acceptors (Lipinski definition) is 9. The molecule has 13 heteroatoms. The van der Waals surface area contributed by atoms with Crippen molar-refractivity contribution < 1.29 is 53.2 Å². The molecule has 2 atom stereocenters. The topological polar surface area (TPSA) is 178 Å². The van der Waals surface area contributed by atoms with E-state index in [1.807, 2.05) is 0 Å². The second kappa shape index (κ2) is 22.9. The Bertz CT molecular complexity index is 833. The summed E-state index contributed by atoms with van der Waals surface area (Å²) in [5.74, 6) is -10.6. The highest BCUT2D eigenvalue weighted by atomic mass is 16.9. The van der Waals surface area contributed by atoms with Crippen molar-refractivity contribution in [3.05, 3.63) is 0 Å². The molecule has 0 heterocycles. The first-order chi connectivity index (χ1) is 20.6. The summed E-state index contributed by atoms with van der Waals surface area (Å²) >= 11 is 0. The summed E-state index contributed by atoms with van der Waals surface area (Å²) in [4.78, 5) is 67.9. The average molecular weight is 619 g/mol. The Balaban J connectivity index is 6.13. The van der Waals surface area contributed by atoms with Gasteiger partial charge in [-0.2, -0.15) is 0 Å². The molecule has 0 aromatic carbocycles. The van der Waals surface area contributed by atoms with Crippen LogP contribution in [0.4, 0.5) is 0 Å². The highest BCUT2D eigenvalue weighted by Gasteiger charge is 2.66. The lowest BCUT2D eigenvalue weighted by Crippen LogP contribution is -2.74. The summed E-state index contributed by atoms with van der Waals surface area (Å²) in [7, 11) is 0. The standard InChI is InChI=1S/C30H54N2O11/c1-6-11-12-13-14-15-16-17-18-19-22-25(34)31-30(41-9-4,42-10-5)29(28(38)39,40-8-3)43-32(26(35)7-2)24(27(36)37)21-20-23-33/h23-24H,6-22H2,1-5H3,(H,31,34)(H,36,37)(H,38,39). The fraction of sp³-hybridized carbons (Fsp3) is 0.833. The Morgan fingerprint density at radius 3 is 1.72 bits per heavy atom. The van der Waals surface area contributed by atoms with Crippen molar-refractivity contribution in [2.75, 3.05) is 19.8 Å². The van der Waals surface area contributed by atoms with Gasteiger partial charge in [0.05, 0.1) is 0 Å². The fourth-order valence-electron chi connectivity index (χ4n) is 4.59. The Labute approximate surface area is 255 Å². The van der Waals surface area contributed by atoms with E-state index >= 15 is 0 Å². The van der Waals surface area contributed by atoms with Crippen LogP contribution in [0.15, 0.2) is 0 Å². The highest BCUT2D eigenvalue weighted by molar-refractivity contribution is 5.84. The average Bonchev–Trinajstić information content (AvgIpc) is 2.96. The predicted octanol–water partition coefficient (Wildman–Crippen LogP) is 4.56. The van der Waals surface area contributed by atoms with Crippen LogP contribution in [0.5, 0.6) is 0 Å². The zero-order valence-electron chi connectivity index (χ0n) is 26.7. The van der Waals surface area contributed by atoms with E-state index in [1.54, 1.807) is 0 Å². The number of carbonyl (C=O) groups excluding carboxylic acids is 3. The van der Waals surface area contributed by atoms with Crippen molar-refractivity contribution in [3.8, 4) is 0 Å². The van der Waals surface area contributed by atoms with Gasteiger partial charge in [-0.1, -0.05) is 71.6 Å². The summed E-state index contributed by atoms with van der Waals surface area (Å²) < 4.78 is 17.0. The van der Waals surface area contributed by atoms with Crippen molar-refractivity contribution in [2.45, 2.75) is 142 Å². The molecule has 0 rings (SSSR count). The van der Waals surface area contributed by atoms with Crippen LogP contribution in [0.2, 0.25) is 0 Å². The number of nitrogens with one attached hydrogen (secondary N) is 1. The molecular weight excluding hydrogens is 564 g/mol. The Morgan fingerprint density at radius 2 is 1.30 bits per heavy atom. The maximum Gasteiger partial charge on any atom is 0.375 e. The van der Waals surface area contributed by atoms with Gasteiger partial charge in [-0.25, -0.2) is 19.5 Å². The number of carboxylic acid groups (broad SMARTS) is 2. The number of carboxylic acids is 2. The number of hydroxylamine groups is 2. The smallest absolute Gasteiger partial charge is 0.375 e. The fourth-order valence-corrected chi connectivity index (χ4v) is 4.59. The van der Waals surface area contributed by atoms with Gasteiger partial charge < -0.3 is 29.2 Å². The summed E-state index contributed by atoms with van der Waals surface area (Å²) in [5.41, 5.74) is 0. The molecule has 0 bridgehead atoms. The van der Waals surface area contributed by atoms with Crippen LogP contribution in [0, 0.1) is 0 Å². The van der Waals surface area contributed by atoms with E-state index in [1.165, 1.54) is 59.8 Å². The molecule has 0 aliphatic rings. The van der Waals surface area contributed by atoms with Crippen LogP contribution in [-0.4, -0.2) is 82.9 Å².